The normalized spacial score (nSPS) is 12.0. The van der Waals surface area contributed by atoms with E-state index in [1.165, 1.54) is 24.3 Å². The van der Waals surface area contributed by atoms with Crippen LogP contribution in [0.1, 0.15) is 42.6 Å². The molecule has 13 nitrogen and oxygen atoms in total. The van der Waals surface area contributed by atoms with E-state index in [4.69, 9.17) is 11.3 Å². The minimum atomic E-state index is -0.976. The van der Waals surface area contributed by atoms with Gasteiger partial charge in [0.2, 0.25) is 11.8 Å². The van der Waals surface area contributed by atoms with Crippen LogP contribution in [0.25, 0.3) is 10.4 Å². The fourth-order valence-corrected chi connectivity index (χ4v) is 3.46. The summed E-state index contributed by atoms with van der Waals surface area (Å²) >= 11 is 0. The van der Waals surface area contributed by atoms with Crippen molar-refractivity contribution in [2.45, 2.75) is 45.4 Å². The predicted molar refractivity (Wildman–Crippen MR) is 141 cm³/mol. The van der Waals surface area contributed by atoms with Crippen LogP contribution in [-0.2, 0) is 16.2 Å². The largest absolute Gasteiger partial charge is 0.392 e. The average molecular weight is 525 g/mol. The highest BCUT2D eigenvalue weighted by atomic mass is 16.3. The van der Waals surface area contributed by atoms with E-state index < -0.39 is 35.8 Å². The molecule has 7 N–H and O–H groups in total. The number of hydrogen-bond donors (Lipinski definition) is 6. The zero-order chi connectivity index (χ0) is 28.1. The average Bonchev–Trinajstić information content (AvgIpc) is 2.89. The number of amides is 5. The molecule has 13 heteroatoms. The number of rotatable bonds is 13. The van der Waals surface area contributed by atoms with Crippen molar-refractivity contribution in [3.05, 3.63) is 70.1 Å². The lowest BCUT2D eigenvalue weighted by Crippen LogP contribution is -2.54. The minimum absolute atomic E-state index is 0.139. The van der Waals surface area contributed by atoms with Gasteiger partial charge in [-0.1, -0.05) is 43.2 Å². The summed E-state index contributed by atoms with van der Waals surface area (Å²) in [6.07, 6.45) is 0.535. The first-order valence-corrected chi connectivity index (χ1v) is 11.9. The fraction of sp³-hybridized carbons (Fsp3) is 0.360. The molecule has 0 spiro atoms. The number of anilines is 1. The highest BCUT2D eigenvalue weighted by Gasteiger charge is 2.29. The number of nitrogens with two attached hydrogens (primary N) is 1. The van der Waals surface area contributed by atoms with E-state index in [-0.39, 0.29) is 31.1 Å². The lowest BCUT2D eigenvalue weighted by molar-refractivity contribution is -0.128. The topological polar surface area (TPSA) is 211 Å². The number of primary amides is 1. The Morgan fingerprint density at radius 2 is 1.66 bits per heavy atom. The Morgan fingerprint density at radius 1 is 1.00 bits per heavy atom. The van der Waals surface area contributed by atoms with E-state index >= 15 is 0 Å². The van der Waals surface area contributed by atoms with Crippen molar-refractivity contribution < 1.29 is 24.3 Å². The number of azide groups is 1. The van der Waals surface area contributed by atoms with E-state index in [0.717, 1.165) is 0 Å². The van der Waals surface area contributed by atoms with Crippen LogP contribution < -0.4 is 27.0 Å². The summed E-state index contributed by atoms with van der Waals surface area (Å²) in [5, 5.41) is 23.2. The predicted octanol–water partition coefficient (Wildman–Crippen LogP) is 2.45. The molecule has 2 aromatic rings. The van der Waals surface area contributed by atoms with E-state index in [0.29, 0.717) is 23.4 Å². The summed E-state index contributed by atoms with van der Waals surface area (Å²) in [6.45, 7) is 3.57. The Kier molecular flexibility index (Phi) is 11.6. The summed E-state index contributed by atoms with van der Waals surface area (Å²) in [4.78, 5) is 52.7. The molecule has 0 bridgehead atoms. The summed E-state index contributed by atoms with van der Waals surface area (Å²) in [6, 6.07) is 9.83. The summed E-state index contributed by atoms with van der Waals surface area (Å²) in [5.74, 6) is -1.87. The van der Waals surface area contributed by atoms with Crippen molar-refractivity contribution in [1.82, 2.24) is 16.0 Å². The summed E-state index contributed by atoms with van der Waals surface area (Å²) in [7, 11) is 0. The van der Waals surface area contributed by atoms with E-state index in [9.17, 15) is 24.3 Å². The molecule has 5 amide bonds. The van der Waals surface area contributed by atoms with Gasteiger partial charge in [-0.15, -0.1) is 0 Å². The van der Waals surface area contributed by atoms with E-state index in [2.05, 4.69) is 31.3 Å². The number of aliphatic hydroxyl groups is 1. The molecule has 0 aliphatic rings. The maximum absolute atomic E-state index is 13.2. The molecule has 0 unspecified atom stereocenters. The lowest BCUT2D eigenvalue weighted by Gasteiger charge is -2.25. The second kappa shape index (κ2) is 14.8. The smallest absolute Gasteiger partial charge is 0.312 e. The Labute approximate surface area is 219 Å². The first kappa shape index (κ1) is 29.6. The quantitative estimate of drug-likeness (QED) is 0.101. The van der Waals surface area contributed by atoms with Crippen LogP contribution >= 0.6 is 0 Å². The zero-order valence-electron chi connectivity index (χ0n) is 21.2. The molecular weight excluding hydrogens is 492 g/mol. The minimum Gasteiger partial charge on any atom is -0.392 e. The molecule has 38 heavy (non-hydrogen) atoms. The van der Waals surface area contributed by atoms with Gasteiger partial charge in [-0.2, -0.15) is 0 Å². The standard InChI is InChI=1S/C25H32N8O5/c1-15(2)21(31-22(35)17-7-11-19(12-8-17)32-33-27)24(37)30-20(4-3-13-28-25(26)38)23(36)29-18-9-5-16(14-34)6-10-18/h5-12,15,20-21,34H,3-4,13-14H2,1-2H3,(H,29,36)(H,30,37)(H,31,35)(H3,26,28,38)/t20-,21-/m0/s1. The lowest BCUT2D eigenvalue weighted by atomic mass is 10.0. The molecule has 2 aromatic carbocycles. The molecule has 0 heterocycles. The Bertz CT molecular complexity index is 1160. The van der Waals surface area contributed by atoms with E-state index in [1.54, 1.807) is 38.1 Å². The number of carbonyl (C=O) groups excluding carboxylic acids is 4. The molecule has 0 saturated heterocycles. The number of nitrogens with zero attached hydrogens (tertiary/aromatic N) is 3. The second-order valence-electron chi connectivity index (χ2n) is 8.77. The molecule has 0 aliphatic heterocycles. The van der Waals surface area contributed by atoms with Crippen LogP contribution in [0.15, 0.2) is 53.6 Å². The van der Waals surface area contributed by atoms with Crippen molar-refractivity contribution in [1.29, 1.82) is 0 Å². The molecule has 0 saturated carbocycles. The van der Waals surface area contributed by atoms with Crippen LogP contribution in [0, 0.1) is 5.92 Å². The third-order valence-corrected chi connectivity index (χ3v) is 5.53. The van der Waals surface area contributed by atoms with Gasteiger partial charge < -0.3 is 32.1 Å². The van der Waals surface area contributed by atoms with Gasteiger partial charge in [0, 0.05) is 28.4 Å². The number of urea groups is 1. The first-order valence-electron chi connectivity index (χ1n) is 11.9. The van der Waals surface area contributed by atoms with Crippen LogP contribution in [0.5, 0.6) is 0 Å². The van der Waals surface area contributed by atoms with Gasteiger partial charge in [0.15, 0.2) is 0 Å². The molecule has 0 aromatic heterocycles. The van der Waals surface area contributed by atoms with Crippen LogP contribution in [0.2, 0.25) is 0 Å². The highest BCUT2D eigenvalue weighted by molar-refractivity contribution is 6.00. The SMILES string of the molecule is CC(C)[C@H](NC(=O)c1ccc(N=[N+]=[N-])cc1)C(=O)N[C@@H](CCCNC(N)=O)C(=O)Nc1ccc(CO)cc1. The van der Waals surface area contributed by atoms with Gasteiger partial charge in [-0.3, -0.25) is 14.4 Å². The second-order valence-corrected chi connectivity index (χ2v) is 8.77. The Balaban J connectivity index is 2.13. The number of aliphatic hydroxyl groups excluding tert-OH is 1. The molecule has 202 valence electrons. The van der Waals surface area contributed by atoms with Crippen molar-refractivity contribution in [3.8, 4) is 0 Å². The fourth-order valence-electron chi connectivity index (χ4n) is 3.46. The molecule has 2 atom stereocenters. The van der Waals surface area contributed by atoms with Gasteiger partial charge in [0.1, 0.15) is 12.1 Å². The Morgan fingerprint density at radius 3 is 2.21 bits per heavy atom. The molecule has 0 aliphatic carbocycles. The number of carbonyl (C=O) groups is 4. The number of benzene rings is 2. The molecular formula is C25H32N8O5. The van der Waals surface area contributed by atoms with Crippen molar-refractivity contribution in [3.63, 3.8) is 0 Å². The van der Waals surface area contributed by atoms with Gasteiger partial charge >= 0.3 is 6.03 Å². The van der Waals surface area contributed by atoms with Crippen LogP contribution in [0.3, 0.4) is 0 Å². The third kappa shape index (κ3) is 9.45. The summed E-state index contributed by atoms with van der Waals surface area (Å²) < 4.78 is 0. The number of nitrogens with one attached hydrogen (secondary N) is 4. The number of hydrogen-bond acceptors (Lipinski definition) is 6. The Hall–Kier alpha value is -4.61. The van der Waals surface area contributed by atoms with Crippen LogP contribution in [-0.4, -0.2) is 47.5 Å². The highest BCUT2D eigenvalue weighted by Crippen LogP contribution is 2.15. The molecule has 0 fully saturated rings. The van der Waals surface area contributed by atoms with Gasteiger partial charge in [0.25, 0.3) is 5.91 Å². The van der Waals surface area contributed by atoms with Gasteiger partial charge in [-0.05, 0) is 54.1 Å². The third-order valence-electron chi connectivity index (χ3n) is 5.53. The van der Waals surface area contributed by atoms with Gasteiger partial charge in [0.05, 0.1) is 6.61 Å². The van der Waals surface area contributed by atoms with Crippen molar-refractivity contribution >= 4 is 35.1 Å². The maximum Gasteiger partial charge on any atom is 0.312 e. The van der Waals surface area contributed by atoms with Crippen molar-refractivity contribution in [2.24, 2.45) is 16.8 Å². The first-order chi connectivity index (χ1) is 18.1. The molecule has 2 rings (SSSR count). The zero-order valence-corrected chi connectivity index (χ0v) is 21.2. The van der Waals surface area contributed by atoms with Gasteiger partial charge in [-0.25, -0.2) is 4.79 Å². The monoisotopic (exact) mass is 524 g/mol. The van der Waals surface area contributed by atoms with Crippen LogP contribution in [0.4, 0.5) is 16.2 Å². The van der Waals surface area contributed by atoms with E-state index in [1.807, 2.05) is 0 Å². The van der Waals surface area contributed by atoms with Crippen molar-refractivity contribution in [2.75, 3.05) is 11.9 Å². The maximum atomic E-state index is 13.2. The molecule has 0 radical (unpaired) electrons. The summed E-state index contributed by atoms with van der Waals surface area (Å²) in [5.41, 5.74) is 15.4.